The fourth-order valence-electron chi connectivity index (χ4n) is 2.79. The Bertz CT molecular complexity index is 702. The molecule has 1 N–H and O–H groups in total. The highest BCUT2D eigenvalue weighted by molar-refractivity contribution is 5.85. The summed E-state index contributed by atoms with van der Waals surface area (Å²) < 4.78 is 10.8. The number of hydrogen-bond donors (Lipinski definition) is 1. The third-order valence-corrected chi connectivity index (χ3v) is 4.19. The average Bonchev–Trinajstić information content (AvgIpc) is 3.02. The molecule has 0 unspecified atom stereocenters. The van der Waals surface area contributed by atoms with Gasteiger partial charge >= 0.3 is 0 Å². The molecule has 146 valence electrons. The van der Waals surface area contributed by atoms with E-state index >= 15 is 0 Å². The van der Waals surface area contributed by atoms with Gasteiger partial charge < -0.3 is 24.3 Å². The number of carbonyl (C=O) groups excluding carboxylic acids is 1. The van der Waals surface area contributed by atoms with Gasteiger partial charge in [-0.2, -0.15) is 4.98 Å². The molecule has 0 bridgehead atoms. The SMILES string of the molecule is COCCNCC(=O)N1CCN(c2nc3cc(C)ccc3o2)CC1.Cl.Cl. The lowest BCUT2D eigenvalue weighted by molar-refractivity contribution is -0.130. The van der Waals surface area contributed by atoms with Crippen molar-refractivity contribution in [2.45, 2.75) is 6.92 Å². The molecular weight excluding hydrogens is 379 g/mol. The van der Waals surface area contributed by atoms with Gasteiger partial charge in [0, 0.05) is 39.8 Å². The first kappa shape index (κ1) is 22.5. The van der Waals surface area contributed by atoms with E-state index in [4.69, 9.17) is 9.15 Å². The maximum atomic E-state index is 12.1. The van der Waals surface area contributed by atoms with Gasteiger partial charge in [0.15, 0.2) is 5.58 Å². The molecule has 1 aromatic heterocycles. The van der Waals surface area contributed by atoms with E-state index in [2.05, 4.69) is 15.2 Å². The number of carbonyl (C=O) groups is 1. The fourth-order valence-corrected chi connectivity index (χ4v) is 2.79. The van der Waals surface area contributed by atoms with E-state index in [9.17, 15) is 4.79 Å². The van der Waals surface area contributed by atoms with Crippen LogP contribution in [0.3, 0.4) is 0 Å². The zero-order valence-corrected chi connectivity index (χ0v) is 16.7. The van der Waals surface area contributed by atoms with Crippen LogP contribution in [0.4, 0.5) is 6.01 Å². The molecule has 0 spiro atoms. The Balaban J connectivity index is 0.00000169. The van der Waals surface area contributed by atoms with Gasteiger partial charge in [-0.15, -0.1) is 24.8 Å². The topological polar surface area (TPSA) is 70.8 Å². The molecule has 26 heavy (non-hydrogen) atoms. The number of nitrogens with zero attached hydrogens (tertiary/aromatic N) is 3. The average molecular weight is 405 g/mol. The maximum Gasteiger partial charge on any atom is 0.298 e. The number of benzene rings is 1. The predicted molar refractivity (Wildman–Crippen MR) is 107 cm³/mol. The van der Waals surface area contributed by atoms with Crippen LogP contribution in [0, 0.1) is 6.92 Å². The molecule has 1 aliphatic rings. The molecule has 2 aromatic rings. The van der Waals surface area contributed by atoms with Crippen LogP contribution in [0.15, 0.2) is 22.6 Å². The Hall–Kier alpha value is -1.54. The molecule has 7 nitrogen and oxygen atoms in total. The van der Waals surface area contributed by atoms with Crippen LogP contribution in [-0.2, 0) is 9.53 Å². The number of ether oxygens (including phenoxy) is 1. The lowest BCUT2D eigenvalue weighted by atomic mass is 10.2. The molecular formula is C17H26Cl2N4O3. The summed E-state index contributed by atoms with van der Waals surface area (Å²) in [6, 6.07) is 6.63. The molecule has 1 amide bonds. The van der Waals surface area contributed by atoms with Gasteiger partial charge in [0.25, 0.3) is 6.01 Å². The van der Waals surface area contributed by atoms with Gasteiger partial charge in [-0.3, -0.25) is 4.79 Å². The summed E-state index contributed by atoms with van der Waals surface area (Å²) in [5, 5.41) is 3.09. The molecule has 2 heterocycles. The van der Waals surface area contributed by atoms with Crippen molar-refractivity contribution < 1.29 is 13.9 Å². The van der Waals surface area contributed by atoms with Crippen LogP contribution in [0.2, 0.25) is 0 Å². The van der Waals surface area contributed by atoms with Crippen LogP contribution in [0.5, 0.6) is 0 Å². The summed E-state index contributed by atoms with van der Waals surface area (Å²) in [5.41, 5.74) is 2.85. The molecule has 0 saturated carbocycles. The Morgan fingerprint density at radius 1 is 1.27 bits per heavy atom. The summed E-state index contributed by atoms with van der Waals surface area (Å²) in [7, 11) is 1.65. The molecule has 0 atom stereocenters. The third-order valence-electron chi connectivity index (χ3n) is 4.19. The minimum Gasteiger partial charge on any atom is -0.423 e. The third kappa shape index (κ3) is 5.48. The normalized spacial score (nSPS) is 14.1. The number of halogens is 2. The zero-order chi connectivity index (χ0) is 16.9. The van der Waals surface area contributed by atoms with E-state index < -0.39 is 0 Å². The van der Waals surface area contributed by atoms with Crippen LogP contribution >= 0.6 is 24.8 Å². The van der Waals surface area contributed by atoms with Crippen molar-refractivity contribution >= 4 is 47.8 Å². The molecule has 1 fully saturated rings. The van der Waals surface area contributed by atoms with Gasteiger partial charge in [0.1, 0.15) is 5.52 Å². The zero-order valence-electron chi connectivity index (χ0n) is 15.1. The van der Waals surface area contributed by atoms with Crippen molar-refractivity contribution in [2.75, 3.05) is 57.9 Å². The number of methoxy groups -OCH3 is 1. The van der Waals surface area contributed by atoms with Crippen molar-refractivity contribution in [2.24, 2.45) is 0 Å². The highest BCUT2D eigenvalue weighted by Crippen LogP contribution is 2.23. The van der Waals surface area contributed by atoms with Crippen LogP contribution in [0.1, 0.15) is 5.56 Å². The first-order valence-electron chi connectivity index (χ1n) is 8.27. The molecule has 1 aliphatic heterocycles. The number of anilines is 1. The number of fused-ring (bicyclic) bond motifs is 1. The summed E-state index contributed by atoms with van der Waals surface area (Å²) in [4.78, 5) is 20.7. The van der Waals surface area contributed by atoms with Crippen LogP contribution < -0.4 is 10.2 Å². The molecule has 0 radical (unpaired) electrons. The number of oxazole rings is 1. The monoisotopic (exact) mass is 404 g/mol. The van der Waals surface area contributed by atoms with Crippen molar-refractivity contribution in [1.29, 1.82) is 0 Å². The standard InChI is InChI=1S/C17H24N4O3.2ClH/c1-13-3-4-15-14(11-13)19-17(24-15)21-8-6-20(7-9-21)16(22)12-18-5-10-23-2;;/h3-4,11,18H,5-10,12H2,1-2H3;2*1H. The van der Waals surface area contributed by atoms with E-state index in [-0.39, 0.29) is 30.7 Å². The number of hydrogen-bond acceptors (Lipinski definition) is 6. The summed E-state index contributed by atoms with van der Waals surface area (Å²) >= 11 is 0. The fraction of sp³-hybridized carbons (Fsp3) is 0.529. The van der Waals surface area contributed by atoms with E-state index in [1.807, 2.05) is 30.0 Å². The lowest BCUT2D eigenvalue weighted by Gasteiger charge is -2.33. The van der Waals surface area contributed by atoms with Crippen LogP contribution in [-0.4, -0.2) is 68.8 Å². The largest absolute Gasteiger partial charge is 0.423 e. The summed E-state index contributed by atoms with van der Waals surface area (Å²) in [5.74, 6) is 0.124. The lowest BCUT2D eigenvalue weighted by Crippen LogP contribution is -2.51. The predicted octanol–water partition coefficient (Wildman–Crippen LogP) is 1.86. The molecule has 1 aromatic carbocycles. The van der Waals surface area contributed by atoms with E-state index in [1.165, 1.54) is 5.56 Å². The number of rotatable bonds is 6. The highest BCUT2D eigenvalue weighted by atomic mass is 35.5. The van der Waals surface area contributed by atoms with E-state index in [1.54, 1.807) is 7.11 Å². The number of piperazine rings is 1. The van der Waals surface area contributed by atoms with E-state index in [0.29, 0.717) is 38.8 Å². The number of aromatic nitrogens is 1. The van der Waals surface area contributed by atoms with Crippen molar-refractivity contribution in [3.05, 3.63) is 23.8 Å². The molecule has 9 heteroatoms. The quantitative estimate of drug-likeness (QED) is 0.740. The minimum atomic E-state index is 0. The maximum absolute atomic E-state index is 12.1. The second-order valence-corrected chi connectivity index (χ2v) is 6.01. The Morgan fingerprint density at radius 2 is 2.00 bits per heavy atom. The molecule has 0 aliphatic carbocycles. The van der Waals surface area contributed by atoms with Gasteiger partial charge in [-0.25, -0.2) is 0 Å². The minimum absolute atomic E-state index is 0. The first-order valence-corrected chi connectivity index (χ1v) is 8.27. The van der Waals surface area contributed by atoms with Gasteiger partial charge in [-0.1, -0.05) is 6.07 Å². The number of amides is 1. The molecule has 3 rings (SSSR count). The first-order chi connectivity index (χ1) is 11.7. The molecule has 1 saturated heterocycles. The van der Waals surface area contributed by atoms with Crippen molar-refractivity contribution in [3.63, 3.8) is 0 Å². The van der Waals surface area contributed by atoms with Crippen LogP contribution in [0.25, 0.3) is 11.1 Å². The van der Waals surface area contributed by atoms with Gasteiger partial charge in [0.05, 0.1) is 13.2 Å². The number of aryl methyl sites for hydroxylation is 1. The summed E-state index contributed by atoms with van der Waals surface area (Å²) in [6.07, 6.45) is 0. The van der Waals surface area contributed by atoms with Gasteiger partial charge in [-0.05, 0) is 24.6 Å². The van der Waals surface area contributed by atoms with E-state index in [0.717, 1.165) is 24.2 Å². The van der Waals surface area contributed by atoms with Crippen molar-refractivity contribution in [1.82, 2.24) is 15.2 Å². The smallest absolute Gasteiger partial charge is 0.298 e. The van der Waals surface area contributed by atoms with Gasteiger partial charge in [0.2, 0.25) is 5.91 Å². The Kier molecular flexibility index (Phi) is 9.15. The van der Waals surface area contributed by atoms with Crippen molar-refractivity contribution in [3.8, 4) is 0 Å². The Morgan fingerprint density at radius 3 is 2.69 bits per heavy atom. The second kappa shape index (κ2) is 10.6. The number of nitrogens with one attached hydrogen (secondary N) is 1. The summed E-state index contributed by atoms with van der Waals surface area (Å²) in [6.45, 7) is 6.52. The second-order valence-electron chi connectivity index (χ2n) is 6.01. The highest BCUT2D eigenvalue weighted by Gasteiger charge is 2.23. The Labute approximate surface area is 165 Å².